The lowest BCUT2D eigenvalue weighted by molar-refractivity contribution is -0.125. The maximum atomic E-state index is 12.1. The smallest absolute Gasteiger partial charge is 0.220 e. The molecule has 1 aliphatic rings. The quantitative estimate of drug-likeness (QED) is 0.756. The van der Waals surface area contributed by atoms with Gasteiger partial charge in [0, 0.05) is 13.5 Å². The van der Waals surface area contributed by atoms with Crippen molar-refractivity contribution in [3.8, 4) is 0 Å². The molecular formula is C14H29ClN2O2. The Labute approximate surface area is 123 Å². The standard InChI is InChI=1S/C14H28N2O2.ClH/c1-3-12(10-18-2)16-13(17)9-14(11-15)7-5-4-6-8-14;/h12H,3-11,15H2,1-2H3,(H,16,17);1H. The van der Waals surface area contributed by atoms with E-state index in [2.05, 4.69) is 12.2 Å². The third-order valence-corrected chi connectivity index (χ3v) is 4.11. The van der Waals surface area contributed by atoms with Gasteiger partial charge in [0.05, 0.1) is 12.6 Å². The zero-order valence-electron chi connectivity index (χ0n) is 12.2. The van der Waals surface area contributed by atoms with Gasteiger partial charge in [-0.3, -0.25) is 4.79 Å². The molecule has 0 bridgehead atoms. The molecule has 0 aromatic carbocycles. The van der Waals surface area contributed by atoms with Crippen LogP contribution in [0.15, 0.2) is 0 Å². The Hall–Kier alpha value is -0.320. The first kappa shape index (κ1) is 18.7. The van der Waals surface area contributed by atoms with E-state index in [4.69, 9.17) is 10.5 Å². The van der Waals surface area contributed by atoms with Crippen LogP contribution in [0.25, 0.3) is 0 Å². The van der Waals surface area contributed by atoms with Crippen molar-refractivity contribution >= 4 is 18.3 Å². The highest BCUT2D eigenvalue weighted by Crippen LogP contribution is 2.38. The molecule has 0 spiro atoms. The minimum atomic E-state index is 0. The first-order chi connectivity index (χ1) is 8.65. The van der Waals surface area contributed by atoms with Crippen LogP contribution in [0.2, 0.25) is 0 Å². The van der Waals surface area contributed by atoms with E-state index in [1.54, 1.807) is 7.11 Å². The number of rotatable bonds is 7. The summed E-state index contributed by atoms with van der Waals surface area (Å²) >= 11 is 0. The predicted molar refractivity (Wildman–Crippen MR) is 80.5 cm³/mol. The summed E-state index contributed by atoms with van der Waals surface area (Å²) in [5.74, 6) is 0.131. The molecule has 1 unspecified atom stereocenters. The molecule has 1 saturated carbocycles. The van der Waals surface area contributed by atoms with Gasteiger partial charge in [-0.1, -0.05) is 26.2 Å². The molecule has 5 heteroatoms. The SMILES string of the molecule is CCC(COC)NC(=O)CC1(CN)CCCCC1.Cl. The molecular weight excluding hydrogens is 264 g/mol. The van der Waals surface area contributed by atoms with Gasteiger partial charge in [-0.05, 0) is 31.2 Å². The molecule has 0 aromatic heterocycles. The highest BCUT2D eigenvalue weighted by molar-refractivity contribution is 5.85. The molecule has 0 aromatic rings. The average Bonchev–Trinajstić information content (AvgIpc) is 2.39. The van der Waals surface area contributed by atoms with E-state index in [-0.39, 0.29) is 29.8 Å². The van der Waals surface area contributed by atoms with Gasteiger partial charge < -0.3 is 15.8 Å². The Bertz CT molecular complexity index is 256. The lowest BCUT2D eigenvalue weighted by Gasteiger charge is -2.36. The minimum Gasteiger partial charge on any atom is -0.383 e. The van der Waals surface area contributed by atoms with Gasteiger partial charge >= 0.3 is 0 Å². The van der Waals surface area contributed by atoms with E-state index in [9.17, 15) is 4.79 Å². The second kappa shape index (κ2) is 9.56. The van der Waals surface area contributed by atoms with Crippen LogP contribution in [-0.2, 0) is 9.53 Å². The van der Waals surface area contributed by atoms with Gasteiger partial charge in [0.25, 0.3) is 0 Å². The highest BCUT2D eigenvalue weighted by atomic mass is 35.5. The lowest BCUT2D eigenvalue weighted by Crippen LogP contribution is -2.43. The number of methoxy groups -OCH3 is 1. The van der Waals surface area contributed by atoms with Crippen molar-refractivity contribution in [1.29, 1.82) is 0 Å². The van der Waals surface area contributed by atoms with E-state index in [1.165, 1.54) is 19.3 Å². The van der Waals surface area contributed by atoms with Crippen LogP contribution in [0.5, 0.6) is 0 Å². The summed E-state index contributed by atoms with van der Waals surface area (Å²) in [6.07, 6.45) is 7.36. The number of nitrogens with two attached hydrogens (primary N) is 1. The van der Waals surface area contributed by atoms with Crippen molar-refractivity contribution in [2.75, 3.05) is 20.3 Å². The van der Waals surface area contributed by atoms with Crippen molar-refractivity contribution in [1.82, 2.24) is 5.32 Å². The number of hydrogen-bond donors (Lipinski definition) is 2. The second-order valence-electron chi connectivity index (χ2n) is 5.57. The van der Waals surface area contributed by atoms with Gasteiger partial charge in [0.1, 0.15) is 0 Å². The van der Waals surface area contributed by atoms with E-state index >= 15 is 0 Å². The predicted octanol–water partition coefficient (Wildman–Crippen LogP) is 2.25. The van der Waals surface area contributed by atoms with E-state index in [1.807, 2.05) is 0 Å². The Balaban J connectivity index is 0.00000324. The Morgan fingerprint density at radius 1 is 1.37 bits per heavy atom. The molecule has 1 amide bonds. The van der Waals surface area contributed by atoms with Crippen molar-refractivity contribution in [3.63, 3.8) is 0 Å². The van der Waals surface area contributed by atoms with E-state index in [0.29, 0.717) is 19.6 Å². The van der Waals surface area contributed by atoms with Crippen molar-refractivity contribution in [2.45, 2.75) is 57.9 Å². The second-order valence-corrected chi connectivity index (χ2v) is 5.57. The minimum absolute atomic E-state index is 0. The van der Waals surface area contributed by atoms with Gasteiger partial charge in [-0.2, -0.15) is 0 Å². The van der Waals surface area contributed by atoms with Crippen LogP contribution in [0.1, 0.15) is 51.9 Å². The van der Waals surface area contributed by atoms with Gasteiger partial charge in [0.2, 0.25) is 5.91 Å². The zero-order chi connectivity index (χ0) is 13.4. The molecule has 4 nitrogen and oxygen atoms in total. The van der Waals surface area contributed by atoms with Crippen molar-refractivity contribution in [2.24, 2.45) is 11.1 Å². The number of carbonyl (C=O) groups excluding carboxylic acids is 1. The normalized spacial score (nSPS) is 19.3. The summed E-state index contributed by atoms with van der Waals surface area (Å²) in [5.41, 5.74) is 5.95. The van der Waals surface area contributed by atoms with Crippen LogP contribution in [0.3, 0.4) is 0 Å². The molecule has 0 aliphatic heterocycles. The molecule has 1 aliphatic carbocycles. The summed E-state index contributed by atoms with van der Waals surface area (Å²) < 4.78 is 5.10. The first-order valence-electron chi connectivity index (χ1n) is 7.14. The summed E-state index contributed by atoms with van der Waals surface area (Å²) in [4.78, 5) is 12.1. The third-order valence-electron chi connectivity index (χ3n) is 4.11. The fourth-order valence-corrected chi connectivity index (χ4v) is 2.84. The molecule has 3 N–H and O–H groups in total. The zero-order valence-corrected chi connectivity index (χ0v) is 13.1. The average molecular weight is 293 g/mol. The number of halogens is 1. The van der Waals surface area contributed by atoms with Crippen LogP contribution in [0.4, 0.5) is 0 Å². The highest BCUT2D eigenvalue weighted by Gasteiger charge is 2.33. The summed E-state index contributed by atoms with van der Waals surface area (Å²) in [7, 11) is 1.66. The third kappa shape index (κ3) is 6.11. The Kier molecular flexibility index (Phi) is 9.40. The molecule has 114 valence electrons. The number of amides is 1. The van der Waals surface area contributed by atoms with Gasteiger partial charge in [-0.25, -0.2) is 0 Å². The van der Waals surface area contributed by atoms with E-state index in [0.717, 1.165) is 19.3 Å². The number of hydrogen-bond acceptors (Lipinski definition) is 3. The lowest BCUT2D eigenvalue weighted by atomic mass is 9.71. The van der Waals surface area contributed by atoms with Gasteiger partial charge in [-0.15, -0.1) is 12.4 Å². The maximum absolute atomic E-state index is 12.1. The number of carbonyl (C=O) groups is 1. The molecule has 19 heavy (non-hydrogen) atoms. The monoisotopic (exact) mass is 292 g/mol. The summed E-state index contributed by atoms with van der Waals surface area (Å²) in [5, 5.41) is 3.05. The van der Waals surface area contributed by atoms with Crippen LogP contribution < -0.4 is 11.1 Å². The fraction of sp³-hybridized carbons (Fsp3) is 0.929. The van der Waals surface area contributed by atoms with Gasteiger partial charge in [0.15, 0.2) is 0 Å². The molecule has 0 radical (unpaired) electrons. The van der Waals surface area contributed by atoms with Crippen LogP contribution in [0, 0.1) is 5.41 Å². The maximum Gasteiger partial charge on any atom is 0.220 e. The number of ether oxygens (including phenoxy) is 1. The molecule has 1 atom stereocenters. The topological polar surface area (TPSA) is 64.3 Å². The fourth-order valence-electron chi connectivity index (χ4n) is 2.84. The van der Waals surface area contributed by atoms with Crippen LogP contribution >= 0.6 is 12.4 Å². The molecule has 1 fully saturated rings. The Morgan fingerprint density at radius 2 is 2.00 bits per heavy atom. The summed E-state index contributed by atoms with van der Waals surface area (Å²) in [6.45, 7) is 3.27. The molecule has 0 saturated heterocycles. The van der Waals surface area contributed by atoms with Crippen molar-refractivity contribution < 1.29 is 9.53 Å². The molecule has 0 heterocycles. The molecule has 1 rings (SSSR count). The van der Waals surface area contributed by atoms with Crippen LogP contribution in [-0.4, -0.2) is 32.2 Å². The van der Waals surface area contributed by atoms with Crippen molar-refractivity contribution in [3.05, 3.63) is 0 Å². The largest absolute Gasteiger partial charge is 0.383 e. The number of nitrogens with one attached hydrogen (secondary N) is 1. The summed E-state index contributed by atoms with van der Waals surface area (Å²) in [6, 6.07) is 0.126. The Morgan fingerprint density at radius 3 is 2.47 bits per heavy atom. The first-order valence-corrected chi connectivity index (χ1v) is 7.14. The van der Waals surface area contributed by atoms with E-state index < -0.39 is 0 Å².